The quantitative estimate of drug-likeness (QED) is 0.452. The number of nitrogens with one attached hydrogen (secondary N) is 1. The molecule has 1 aromatic heterocycles. The van der Waals surface area contributed by atoms with Crippen LogP contribution in [0.15, 0.2) is 65.4 Å². The molecule has 0 saturated carbocycles. The Bertz CT molecular complexity index is 1240. The van der Waals surface area contributed by atoms with Crippen molar-refractivity contribution in [2.24, 2.45) is 7.05 Å². The third-order valence-electron chi connectivity index (χ3n) is 4.61. The number of carbonyl (C=O) groups excluding carboxylic acids is 3. The molecule has 0 aliphatic carbocycles. The van der Waals surface area contributed by atoms with Crippen molar-refractivity contribution in [2.75, 3.05) is 11.9 Å². The summed E-state index contributed by atoms with van der Waals surface area (Å²) in [6, 6.07) is 9.54. The maximum atomic E-state index is 12.9. The lowest BCUT2D eigenvalue weighted by Crippen LogP contribution is -2.29. The minimum Gasteiger partial charge on any atom is -0.321 e. The molecule has 1 N–H and O–H groups in total. The highest BCUT2D eigenvalue weighted by Crippen LogP contribution is 2.34. The number of imide groups is 1. The minimum atomic E-state index is -0.448. The molecule has 0 radical (unpaired) electrons. The van der Waals surface area contributed by atoms with E-state index in [0.29, 0.717) is 15.9 Å². The number of aryl methyl sites for hydroxylation is 1. The van der Waals surface area contributed by atoms with Gasteiger partial charge < -0.3 is 9.88 Å². The highest BCUT2D eigenvalue weighted by molar-refractivity contribution is 7.99. The molecule has 156 valence electrons. The predicted octanol–water partition coefficient (Wildman–Crippen LogP) is 3.65. The monoisotopic (exact) mass is 453 g/mol. The van der Waals surface area contributed by atoms with Crippen LogP contribution in [0.3, 0.4) is 0 Å². The second kappa shape index (κ2) is 8.37. The van der Waals surface area contributed by atoms with E-state index >= 15 is 0 Å². The predicted molar refractivity (Wildman–Crippen MR) is 117 cm³/mol. The van der Waals surface area contributed by atoms with E-state index in [-0.39, 0.29) is 23.2 Å². The number of halogens is 1. The summed E-state index contributed by atoms with van der Waals surface area (Å²) < 4.78 is 1.75. The number of rotatable bonds is 6. The molecular weight excluding hydrogens is 438 g/mol. The second-order valence-corrected chi connectivity index (χ2v) is 8.14. The lowest BCUT2D eigenvalue weighted by Gasteiger charge is -2.11. The summed E-state index contributed by atoms with van der Waals surface area (Å²) in [6.07, 6.45) is 3.06. The maximum Gasteiger partial charge on any atom is 0.261 e. The molecule has 1 aliphatic heterocycles. The molecule has 1 aliphatic rings. The molecule has 10 heteroatoms. The van der Waals surface area contributed by atoms with E-state index in [1.54, 1.807) is 29.1 Å². The first-order chi connectivity index (χ1) is 14.9. The Morgan fingerprint density at radius 1 is 1.19 bits per heavy atom. The molecule has 31 heavy (non-hydrogen) atoms. The summed E-state index contributed by atoms with van der Waals surface area (Å²) >= 11 is 7.45. The van der Waals surface area contributed by atoms with E-state index in [2.05, 4.69) is 22.1 Å². The third-order valence-corrected chi connectivity index (χ3v) is 5.97. The van der Waals surface area contributed by atoms with E-state index in [9.17, 15) is 14.4 Å². The van der Waals surface area contributed by atoms with Crippen molar-refractivity contribution in [1.29, 1.82) is 0 Å². The molecule has 8 nitrogen and oxygen atoms in total. The zero-order chi connectivity index (χ0) is 22.1. The van der Waals surface area contributed by atoms with Crippen LogP contribution in [-0.2, 0) is 7.05 Å². The van der Waals surface area contributed by atoms with Crippen LogP contribution in [0.2, 0.25) is 5.02 Å². The summed E-state index contributed by atoms with van der Waals surface area (Å²) in [6.45, 7) is 3.67. The Kier molecular flexibility index (Phi) is 5.62. The summed E-state index contributed by atoms with van der Waals surface area (Å²) in [5.74, 6) is -1.29. The van der Waals surface area contributed by atoms with Crippen molar-refractivity contribution in [1.82, 2.24) is 19.7 Å². The number of anilines is 1. The van der Waals surface area contributed by atoms with E-state index in [1.807, 2.05) is 7.05 Å². The zero-order valence-corrected chi connectivity index (χ0v) is 17.9. The van der Waals surface area contributed by atoms with E-state index < -0.39 is 17.7 Å². The Morgan fingerprint density at radius 3 is 2.68 bits per heavy atom. The largest absolute Gasteiger partial charge is 0.321 e. The molecule has 0 fully saturated rings. The molecule has 2 aromatic carbocycles. The zero-order valence-electron chi connectivity index (χ0n) is 16.3. The van der Waals surface area contributed by atoms with Gasteiger partial charge in [-0.1, -0.05) is 17.7 Å². The Balaban J connectivity index is 1.61. The van der Waals surface area contributed by atoms with Crippen LogP contribution in [0.25, 0.3) is 0 Å². The van der Waals surface area contributed by atoms with Crippen LogP contribution >= 0.6 is 23.4 Å². The summed E-state index contributed by atoms with van der Waals surface area (Å²) in [5, 5.41) is 11.8. The van der Waals surface area contributed by atoms with Crippen molar-refractivity contribution in [3.63, 3.8) is 0 Å². The number of carbonyl (C=O) groups is 3. The van der Waals surface area contributed by atoms with Gasteiger partial charge in [-0.05, 0) is 48.2 Å². The highest BCUT2D eigenvalue weighted by atomic mass is 35.5. The Hall–Kier alpha value is -3.43. The molecule has 0 unspecified atom stereocenters. The molecule has 4 rings (SSSR count). The van der Waals surface area contributed by atoms with Gasteiger partial charge in [0.25, 0.3) is 17.7 Å². The van der Waals surface area contributed by atoms with Gasteiger partial charge in [-0.25, -0.2) is 0 Å². The molecule has 3 amide bonds. The standard InChI is InChI=1S/C21H16ClN5O3S/c1-3-8-27-19(29)14-6-4-12(9-15(14)20(27)30)18(28)24-16-10-13(22)5-7-17(16)31-21-25-23-11-26(21)2/h3-7,9-11H,1,8H2,2H3,(H,24,28). The van der Waals surface area contributed by atoms with Crippen LogP contribution in [0.5, 0.6) is 0 Å². The van der Waals surface area contributed by atoms with Gasteiger partial charge >= 0.3 is 0 Å². The molecular formula is C21H16ClN5O3S. The number of aromatic nitrogens is 3. The first-order valence-electron chi connectivity index (χ1n) is 9.13. The fraction of sp³-hybridized carbons (Fsp3) is 0.0952. The van der Waals surface area contributed by atoms with Crippen LogP contribution < -0.4 is 5.32 Å². The third kappa shape index (κ3) is 3.97. The fourth-order valence-corrected chi connectivity index (χ4v) is 4.08. The summed E-state index contributed by atoms with van der Waals surface area (Å²) in [5.41, 5.74) is 1.19. The smallest absolute Gasteiger partial charge is 0.261 e. The topological polar surface area (TPSA) is 97.2 Å². The molecule has 0 spiro atoms. The normalized spacial score (nSPS) is 12.8. The summed E-state index contributed by atoms with van der Waals surface area (Å²) in [4.78, 5) is 39.6. The van der Waals surface area contributed by atoms with Gasteiger partial charge in [-0.15, -0.1) is 16.8 Å². The van der Waals surface area contributed by atoms with Crippen molar-refractivity contribution in [3.05, 3.63) is 77.1 Å². The second-order valence-electron chi connectivity index (χ2n) is 6.69. The number of nitrogens with zero attached hydrogens (tertiary/aromatic N) is 4. The Labute approximate surface area is 186 Å². The van der Waals surface area contributed by atoms with Crippen molar-refractivity contribution >= 4 is 46.8 Å². The summed E-state index contributed by atoms with van der Waals surface area (Å²) in [7, 11) is 1.81. The van der Waals surface area contributed by atoms with Crippen LogP contribution in [0.4, 0.5) is 5.69 Å². The van der Waals surface area contributed by atoms with Gasteiger partial charge in [-0.2, -0.15) is 0 Å². The van der Waals surface area contributed by atoms with Crippen molar-refractivity contribution in [2.45, 2.75) is 10.1 Å². The number of hydrogen-bond acceptors (Lipinski definition) is 6. The average Bonchev–Trinajstić information content (AvgIpc) is 3.26. The van der Waals surface area contributed by atoms with Gasteiger partial charge in [0, 0.05) is 29.1 Å². The molecule has 2 heterocycles. The lowest BCUT2D eigenvalue weighted by molar-refractivity contribution is 0.0672. The number of hydrogen-bond donors (Lipinski definition) is 1. The van der Waals surface area contributed by atoms with E-state index in [4.69, 9.17) is 11.6 Å². The van der Waals surface area contributed by atoms with Crippen LogP contribution in [0.1, 0.15) is 31.1 Å². The number of fused-ring (bicyclic) bond motifs is 1. The molecule has 0 atom stereocenters. The SMILES string of the molecule is C=CCN1C(=O)c2ccc(C(=O)Nc3cc(Cl)ccc3Sc3nncn3C)cc2C1=O. The van der Waals surface area contributed by atoms with Gasteiger partial charge in [0.2, 0.25) is 0 Å². The van der Waals surface area contributed by atoms with Gasteiger partial charge in [0.05, 0.1) is 16.8 Å². The van der Waals surface area contributed by atoms with Crippen molar-refractivity contribution < 1.29 is 14.4 Å². The Morgan fingerprint density at radius 2 is 1.97 bits per heavy atom. The van der Waals surface area contributed by atoms with Crippen LogP contribution in [-0.4, -0.2) is 43.9 Å². The average molecular weight is 454 g/mol. The molecule has 0 bridgehead atoms. The van der Waals surface area contributed by atoms with Gasteiger partial charge in [0.15, 0.2) is 5.16 Å². The number of amides is 3. The van der Waals surface area contributed by atoms with Crippen LogP contribution in [0, 0.1) is 0 Å². The van der Waals surface area contributed by atoms with Gasteiger partial charge in [-0.3, -0.25) is 19.3 Å². The van der Waals surface area contributed by atoms with Crippen molar-refractivity contribution in [3.8, 4) is 0 Å². The maximum absolute atomic E-state index is 12.9. The minimum absolute atomic E-state index is 0.110. The fourth-order valence-electron chi connectivity index (χ4n) is 3.07. The highest BCUT2D eigenvalue weighted by Gasteiger charge is 2.35. The number of benzene rings is 2. The first kappa shape index (κ1) is 20.8. The molecule has 3 aromatic rings. The first-order valence-corrected chi connectivity index (χ1v) is 10.3. The van der Waals surface area contributed by atoms with E-state index in [1.165, 1.54) is 36.0 Å². The van der Waals surface area contributed by atoms with Gasteiger partial charge in [0.1, 0.15) is 6.33 Å². The lowest BCUT2D eigenvalue weighted by atomic mass is 10.1. The molecule has 0 saturated heterocycles. The van der Waals surface area contributed by atoms with E-state index in [0.717, 1.165) is 9.80 Å².